The van der Waals surface area contributed by atoms with Crippen LogP contribution in [0.5, 0.6) is 0 Å². The van der Waals surface area contributed by atoms with Crippen molar-refractivity contribution in [3.8, 4) is 0 Å². The highest BCUT2D eigenvalue weighted by Crippen LogP contribution is 2.32. The van der Waals surface area contributed by atoms with Gasteiger partial charge in [-0.1, -0.05) is 19.3 Å². The topological polar surface area (TPSA) is 24.9 Å². The van der Waals surface area contributed by atoms with Gasteiger partial charge in [-0.25, -0.2) is 4.98 Å². The fraction of sp³-hybridized carbons (Fsp3) is 0.615. The number of hydrogen-bond donors (Lipinski definition) is 1. The van der Waals surface area contributed by atoms with Gasteiger partial charge < -0.3 is 5.32 Å². The maximum absolute atomic E-state index is 6.16. The van der Waals surface area contributed by atoms with Crippen molar-refractivity contribution in [2.75, 3.05) is 11.2 Å². The summed E-state index contributed by atoms with van der Waals surface area (Å²) < 4.78 is 1.05. The molecule has 0 bridgehead atoms. The Labute approximate surface area is 116 Å². The average molecular weight is 318 g/mol. The van der Waals surface area contributed by atoms with Gasteiger partial charge >= 0.3 is 0 Å². The number of halogens is 2. The molecule has 1 heterocycles. The summed E-state index contributed by atoms with van der Waals surface area (Å²) in [7, 11) is 0. The predicted octanol–water partition coefficient (Wildman–Crippen LogP) is 4.51. The van der Waals surface area contributed by atoms with Crippen molar-refractivity contribution < 1.29 is 0 Å². The maximum atomic E-state index is 6.16. The Morgan fingerprint density at radius 2 is 2.06 bits per heavy atom. The molecule has 1 fully saturated rings. The smallest absolute Gasteiger partial charge is 0.126 e. The largest absolute Gasteiger partial charge is 0.363 e. The van der Waals surface area contributed by atoms with Crippen LogP contribution in [0, 0.1) is 6.92 Å². The first-order chi connectivity index (χ1) is 8.15. The van der Waals surface area contributed by atoms with Gasteiger partial charge in [-0.2, -0.15) is 0 Å². The highest BCUT2D eigenvalue weighted by Gasteiger charge is 2.31. The summed E-state index contributed by atoms with van der Waals surface area (Å²) in [6, 6.07) is 4.05. The molecule has 17 heavy (non-hydrogen) atoms. The summed E-state index contributed by atoms with van der Waals surface area (Å²) in [4.78, 5) is 4.54. The van der Waals surface area contributed by atoms with Crippen molar-refractivity contribution in [1.82, 2.24) is 4.98 Å². The van der Waals surface area contributed by atoms with Crippen molar-refractivity contribution in [3.05, 3.63) is 22.3 Å². The van der Waals surface area contributed by atoms with E-state index in [-0.39, 0.29) is 5.54 Å². The van der Waals surface area contributed by atoms with Gasteiger partial charge in [0.25, 0.3) is 0 Å². The molecule has 2 nitrogen and oxygen atoms in total. The van der Waals surface area contributed by atoms with Gasteiger partial charge in [0, 0.05) is 10.4 Å². The molecule has 4 heteroatoms. The fourth-order valence-electron chi connectivity index (χ4n) is 2.41. The van der Waals surface area contributed by atoms with Crippen LogP contribution in [-0.4, -0.2) is 16.4 Å². The first kappa shape index (κ1) is 13.2. The van der Waals surface area contributed by atoms with Gasteiger partial charge in [0.15, 0.2) is 0 Å². The standard InChI is InChI=1S/C13H18BrClN2/c1-10-11(14)5-6-12(16-10)17-13(9-15)7-3-2-4-8-13/h5-6H,2-4,7-9H2,1H3,(H,16,17). The lowest BCUT2D eigenvalue weighted by molar-refractivity contribution is 0.352. The minimum Gasteiger partial charge on any atom is -0.363 e. The van der Waals surface area contributed by atoms with Crippen LogP contribution >= 0.6 is 27.5 Å². The summed E-state index contributed by atoms with van der Waals surface area (Å²) in [6.45, 7) is 2.00. The van der Waals surface area contributed by atoms with Crippen LogP contribution in [0.15, 0.2) is 16.6 Å². The first-order valence-corrected chi connectivity index (χ1v) is 7.45. The maximum Gasteiger partial charge on any atom is 0.126 e. The lowest BCUT2D eigenvalue weighted by Crippen LogP contribution is -2.42. The summed E-state index contributed by atoms with van der Waals surface area (Å²) in [5.41, 5.74) is 1.06. The van der Waals surface area contributed by atoms with E-state index in [1.165, 1.54) is 19.3 Å². The van der Waals surface area contributed by atoms with E-state index in [1.807, 2.05) is 19.1 Å². The van der Waals surface area contributed by atoms with E-state index in [9.17, 15) is 0 Å². The first-order valence-electron chi connectivity index (χ1n) is 6.12. The molecule has 0 unspecified atom stereocenters. The second-order valence-corrected chi connectivity index (χ2v) is 5.98. The van der Waals surface area contributed by atoms with Crippen LogP contribution in [-0.2, 0) is 0 Å². The van der Waals surface area contributed by atoms with Crippen LogP contribution in [0.4, 0.5) is 5.82 Å². The molecule has 1 N–H and O–H groups in total. The van der Waals surface area contributed by atoms with Gasteiger partial charge in [-0.3, -0.25) is 0 Å². The highest BCUT2D eigenvalue weighted by molar-refractivity contribution is 9.10. The Bertz CT molecular complexity index is 389. The molecule has 0 spiro atoms. The van der Waals surface area contributed by atoms with Gasteiger partial charge in [0.05, 0.1) is 11.2 Å². The van der Waals surface area contributed by atoms with Gasteiger partial charge in [0.2, 0.25) is 0 Å². The Hall–Kier alpha value is -0.280. The molecule has 1 aromatic heterocycles. The number of nitrogens with zero attached hydrogens (tertiary/aromatic N) is 1. The number of alkyl halides is 1. The molecule has 1 saturated carbocycles. The minimum absolute atomic E-state index is 0.0487. The summed E-state index contributed by atoms with van der Waals surface area (Å²) in [5, 5.41) is 3.55. The monoisotopic (exact) mass is 316 g/mol. The Balaban J connectivity index is 2.14. The summed E-state index contributed by atoms with van der Waals surface area (Å²) >= 11 is 9.63. The zero-order chi connectivity index (χ0) is 12.3. The molecule has 1 aromatic rings. The van der Waals surface area contributed by atoms with E-state index in [4.69, 9.17) is 11.6 Å². The van der Waals surface area contributed by atoms with Gasteiger partial charge in [-0.05, 0) is 47.8 Å². The highest BCUT2D eigenvalue weighted by atomic mass is 79.9. The third kappa shape index (κ3) is 3.14. The number of aromatic nitrogens is 1. The molecule has 94 valence electrons. The average Bonchev–Trinajstić information content (AvgIpc) is 2.35. The molecule has 0 saturated heterocycles. The van der Waals surface area contributed by atoms with Crippen LogP contribution in [0.3, 0.4) is 0 Å². The lowest BCUT2D eigenvalue weighted by atomic mass is 9.83. The van der Waals surface area contributed by atoms with Gasteiger partial charge in [-0.15, -0.1) is 11.6 Å². The van der Waals surface area contributed by atoms with Crippen molar-refractivity contribution >= 4 is 33.3 Å². The van der Waals surface area contributed by atoms with Crippen LogP contribution in [0.25, 0.3) is 0 Å². The Morgan fingerprint density at radius 3 is 2.65 bits per heavy atom. The van der Waals surface area contributed by atoms with Crippen LogP contribution < -0.4 is 5.32 Å². The van der Waals surface area contributed by atoms with E-state index < -0.39 is 0 Å². The zero-order valence-electron chi connectivity index (χ0n) is 10.1. The fourth-order valence-corrected chi connectivity index (χ4v) is 2.96. The van der Waals surface area contributed by atoms with Gasteiger partial charge in [0.1, 0.15) is 5.82 Å². The Kier molecular flexibility index (Phi) is 4.31. The van der Waals surface area contributed by atoms with Crippen molar-refractivity contribution in [2.24, 2.45) is 0 Å². The van der Waals surface area contributed by atoms with E-state index in [0.717, 1.165) is 28.8 Å². The predicted molar refractivity (Wildman–Crippen MR) is 76.8 cm³/mol. The SMILES string of the molecule is Cc1nc(NC2(CCl)CCCCC2)ccc1Br. The lowest BCUT2D eigenvalue weighted by Gasteiger charge is -2.37. The number of hydrogen-bond acceptors (Lipinski definition) is 2. The number of pyridine rings is 1. The quantitative estimate of drug-likeness (QED) is 0.830. The second kappa shape index (κ2) is 5.57. The second-order valence-electron chi connectivity index (χ2n) is 4.86. The number of anilines is 1. The molecule has 0 radical (unpaired) electrons. The molecule has 1 aliphatic rings. The molecule has 0 amide bonds. The molecule has 0 aliphatic heterocycles. The molecule has 2 rings (SSSR count). The van der Waals surface area contributed by atoms with E-state index in [0.29, 0.717) is 5.88 Å². The zero-order valence-corrected chi connectivity index (χ0v) is 12.4. The summed E-state index contributed by atoms with van der Waals surface area (Å²) in [5.74, 6) is 1.59. The van der Waals surface area contributed by atoms with E-state index in [1.54, 1.807) is 0 Å². The number of rotatable bonds is 3. The van der Waals surface area contributed by atoms with Crippen molar-refractivity contribution in [3.63, 3.8) is 0 Å². The Morgan fingerprint density at radius 1 is 1.35 bits per heavy atom. The third-order valence-corrected chi connectivity index (χ3v) is 4.83. The van der Waals surface area contributed by atoms with E-state index >= 15 is 0 Å². The molecule has 0 aromatic carbocycles. The van der Waals surface area contributed by atoms with Crippen molar-refractivity contribution in [2.45, 2.75) is 44.6 Å². The van der Waals surface area contributed by atoms with Crippen molar-refractivity contribution in [1.29, 1.82) is 0 Å². The minimum atomic E-state index is 0.0487. The molecular weight excluding hydrogens is 300 g/mol. The van der Waals surface area contributed by atoms with Crippen LogP contribution in [0.2, 0.25) is 0 Å². The molecule has 1 aliphatic carbocycles. The normalized spacial score (nSPS) is 19.0. The summed E-state index contributed by atoms with van der Waals surface area (Å²) in [6.07, 6.45) is 6.14. The molecular formula is C13H18BrClN2. The van der Waals surface area contributed by atoms with E-state index in [2.05, 4.69) is 26.2 Å². The third-order valence-electron chi connectivity index (χ3n) is 3.48. The van der Waals surface area contributed by atoms with Crippen LogP contribution in [0.1, 0.15) is 37.8 Å². The molecule has 0 atom stereocenters. The number of nitrogens with one attached hydrogen (secondary N) is 1. The number of aryl methyl sites for hydroxylation is 1.